The van der Waals surface area contributed by atoms with Crippen molar-refractivity contribution in [1.82, 2.24) is 9.88 Å². The summed E-state index contributed by atoms with van der Waals surface area (Å²) in [7, 11) is 0.831. The average Bonchev–Trinajstić information content (AvgIpc) is 3.52. The van der Waals surface area contributed by atoms with Crippen LogP contribution >= 0.6 is 34.2 Å². The SMILES string of the molecule is Cn1c(C(F)(C(F)(F)F)C(F)(F)F)cc(I)c1N/C=C(\C=N)c1ccc(Cl)c(C(=O)NC2(C#N)CC2)c1. The van der Waals surface area contributed by atoms with Crippen molar-refractivity contribution in [2.45, 2.75) is 36.4 Å². The number of halogens is 9. The zero-order valence-corrected chi connectivity index (χ0v) is 21.5. The summed E-state index contributed by atoms with van der Waals surface area (Å²) in [5, 5.41) is 22.0. The molecule has 0 saturated heterocycles. The first-order valence-electron chi connectivity index (χ1n) is 10.2. The van der Waals surface area contributed by atoms with E-state index in [1.54, 1.807) is 0 Å². The van der Waals surface area contributed by atoms with Crippen LogP contribution in [0.5, 0.6) is 0 Å². The maximum absolute atomic E-state index is 14.6. The highest BCUT2D eigenvalue weighted by molar-refractivity contribution is 14.1. The van der Waals surface area contributed by atoms with Crippen LogP contribution in [0.4, 0.5) is 36.6 Å². The number of allylic oxidation sites excluding steroid dienone is 1. The van der Waals surface area contributed by atoms with E-state index >= 15 is 0 Å². The predicted octanol–water partition coefficient (Wildman–Crippen LogP) is 6.46. The highest BCUT2D eigenvalue weighted by atomic mass is 127. The molecule has 0 radical (unpaired) electrons. The largest absolute Gasteiger partial charge is 0.437 e. The quantitative estimate of drug-likeness (QED) is 0.181. The maximum atomic E-state index is 14.6. The van der Waals surface area contributed by atoms with Gasteiger partial charge in [0.1, 0.15) is 11.4 Å². The maximum Gasteiger partial charge on any atom is 0.437 e. The molecule has 1 aliphatic rings. The van der Waals surface area contributed by atoms with Crippen LogP contribution in [0.3, 0.4) is 0 Å². The first-order chi connectivity index (χ1) is 17.0. The lowest BCUT2D eigenvalue weighted by Gasteiger charge is -2.30. The highest BCUT2D eigenvalue weighted by Gasteiger charge is 2.74. The molecule has 0 bridgehead atoms. The summed E-state index contributed by atoms with van der Waals surface area (Å²) in [6, 6.07) is 6.51. The summed E-state index contributed by atoms with van der Waals surface area (Å²) >= 11 is 7.55. The second-order valence-electron chi connectivity index (χ2n) is 8.17. The Balaban J connectivity index is 1.97. The number of rotatable bonds is 7. The van der Waals surface area contributed by atoms with Gasteiger partial charge < -0.3 is 20.6 Å². The Kier molecular flexibility index (Phi) is 7.64. The number of nitrogens with zero attached hydrogens (tertiary/aromatic N) is 2. The van der Waals surface area contributed by atoms with Crippen LogP contribution in [-0.4, -0.2) is 34.6 Å². The molecule has 1 aliphatic carbocycles. The van der Waals surface area contributed by atoms with Crippen molar-refractivity contribution < 1.29 is 35.5 Å². The summed E-state index contributed by atoms with van der Waals surface area (Å²) in [5.41, 5.74) is -7.98. The molecule has 0 atom stereocenters. The molecular weight excluding hydrogens is 646 g/mol. The third-order valence-electron chi connectivity index (χ3n) is 5.70. The van der Waals surface area contributed by atoms with Crippen LogP contribution in [0.25, 0.3) is 5.57 Å². The normalized spacial score (nSPS) is 15.6. The average molecular weight is 662 g/mol. The van der Waals surface area contributed by atoms with E-state index < -0.39 is 35.2 Å². The second-order valence-corrected chi connectivity index (χ2v) is 9.74. The molecule has 0 aliphatic heterocycles. The fourth-order valence-corrected chi connectivity index (χ4v) is 4.44. The van der Waals surface area contributed by atoms with Crippen molar-refractivity contribution in [1.29, 1.82) is 10.7 Å². The number of anilines is 1. The molecule has 37 heavy (non-hydrogen) atoms. The van der Waals surface area contributed by atoms with Gasteiger partial charge in [0.15, 0.2) is 0 Å². The van der Waals surface area contributed by atoms with Gasteiger partial charge in [-0.1, -0.05) is 17.7 Å². The van der Waals surface area contributed by atoms with Gasteiger partial charge in [-0.15, -0.1) is 0 Å². The molecule has 6 nitrogen and oxygen atoms in total. The molecule has 15 heteroatoms. The number of hydrogen-bond donors (Lipinski definition) is 3. The molecule has 1 heterocycles. The smallest absolute Gasteiger partial charge is 0.347 e. The van der Waals surface area contributed by atoms with E-state index in [1.807, 2.05) is 6.07 Å². The standard InChI is InChI=1S/C22H16ClF7IN5O/c1-36-16(20(24,21(25,26)27)22(28,29)30)7-15(31)17(36)34-9-12(8-32)11-2-3-14(23)13(6-11)18(37)35-19(10-33)4-5-19/h2-3,6-9,32,34H,4-5H2,1H3,(H,35,37)/b12-9+,32-8?. The summed E-state index contributed by atoms with van der Waals surface area (Å²) in [6.45, 7) is 0. The molecule has 1 saturated carbocycles. The zero-order chi connectivity index (χ0) is 28.0. The Bertz CT molecular complexity index is 1310. The minimum absolute atomic E-state index is 0.0123. The minimum Gasteiger partial charge on any atom is -0.347 e. The number of alkyl halides is 7. The molecule has 198 valence electrons. The van der Waals surface area contributed by atoms with Crippen LogP contribution in [0.2, 0.25) is 5.02 Å². The van der Waals surface area contributed by atoms with Gasteiger partial charge in [-0.3, -0.25) is 4.79 Å². The van der Waals surface area contributed by atoms with Crippen LogP contribution in [-0.2, 0) is 12.7 Å². The van der Waals surface area contributed by atoms with Crippen molar-refractivity contribution in [3.8, 4) is 6.07 Å². The first-order valence-corrected chi connectivity index (χ1v) is 11.7. The summed E-state index contributed by atoms with van der Waals surface area (Å²) in [4.78, 5) is 12.6. The Hall–Kier alpha value is -2.80. The van der Waals surface area contributed by atoms with Crippen LogP contribution < -0.4 is 10.6 Å². The van der Waals surface area contributed by atoms with Gasteiger partial charge in [0.2, 0.25) is 0 Å². The van der Waals surface area contributed by atoms with E-state index in [-0.39, 0.29) is 31.1 Å². The molecule has 2 aromatic rings. The Labute approximate surface area is 224 Å². The van der Waals surface area contributed by atoms with E-state index in [1.165, 1.54) is 40.8 Å². The number of benzene rings is 1. The predicted molar refractivity (Wildman–Crippen MR) is 130 cm³/mol. The number of nitriles is 1. The van der Waals surface area contributed by atoms with Crippen molar-refractivity contribution in [2.24, 2.45) is 7.05 Å². The zero-order valence-electron chi connectivity index (χ0n) is 18.6. The number of carbonyl (C=O) groups excluding carboxylic acids is 1. The van der Waals surface area contributed by atoms with E-state index in [9.17, 15) is 40.8 Å². The lowest BCUT2D eigenvalue weighted by Crippen LogP contribution is -2.51. The van der Waals surface area contributed by atoms with Gasteiger partial charge >= 0.3 is 18.0 Å². The number of hydrogen-bond acceptors (Lipinski definition) is 4. The second kappa shape index (κ2) is 9.82. The van der Waals surface area contributed by atoms with E-state index in [0.29, 0.717) is 23.5 Å². The summed E-state index contributed by atoms with van der Waals surface area (Å²) in [5.74, 6) is -0.939. The van der Waals surface area contributed by atoms with Crippen molar-refractivity contribution in [2.75, 3.05) is 5.32 Å². The Morgan fingerprint density at radius 2 is 1.78 bits per heavy atom. The lowest BCUT2D eigenvalue weighted by molar-refractivity contribution is -0.350. The van der Waals surface area contributed by atoms with Crippen LogP contribution in [0, 0.1) is 20.3 Å². The van der Waals surface area contributed by atoms with Gasteiger partial charge in [0, 0.05) is 25.0 Å². The molecular formula is C22H16ClF7IN5O. The van der Waals surface area contributed by atoms with E-state index in [0.717, 1.165) is 19.5 Å². The Morgan fingerprint density at radius 1 is 1.19 bits per heavy atom. The first kappa shape index (κ1) is 28.8. The number of nitrogens with one attached hydrogen (secondary N) is 3. The van der Waals surface area contributed by atoms with Gasteiger partial charge in [-0.25, -0.2) is 4.39 Å². The van der Waals surface area contributed by atoms with Gasteiger partial charge in [0.25, 0.3) is 5.91 Å². The molecule has 1 aromatic heterocycles. The molecule has 0 unspecified atom stereocenters. The lowest BCUT2D eigenvalue weighted by atomic mass is 10.0. The van der Waals surface area contributed by atoms with E-state index in [4.69, 9.17) is 17.0 Å². The van der Waals surface area contributed by atoms with Crippen molar-refractivity contribution in [3.05, 3.63) is 55.9 Å². The van der Waals surface area contributed by atoms with Crippen LogP contribution in [0.1, 0.15) is 34.5 Å². The topological polar surface area (TPSA) is 93.7 Å². The minimum atomic E-state index is -6.28. The molecule has 3 rings (SSSR count). The Morgan fingerprint density at radius 3 is 2.27 bits per heavy atom. The summed E-state index contributed by atoms with van der Waals surface area (Å²) < 4.78 is 94.2. The number of amides is 1. The third-order valence-corrected chi connectivity index (χ3v) is 6.85. The van der Waals surface area contributed by atoms with Gasteiger partial charge in [0.05, 0.1) is 25.9 Å². The molecule has 1 fully saturated rings. The van der Waals surface area contributed by atoms with Crippen molar-refractivity contribution >= 4 is 57.7 Å². The van der Waals surface area contributed by atoms with Crippen molar-refractivity contribution in [3.63, 3.8) is 0 Å². The van der Waals surface area contributed by atoms with Gasteiger partial charge in [-0.2, -0.15) is 31.6 Å². The molecule has 3 N–H and O–H groups in total. The number of aromatic nitrogens is 1. The fraction of sp³-hybridized carbons (Fsp3) is 0.318. The third kappa shape index (κ3) is 5.28. The summed E-state index contributed by atoms with van der Waals surface area (Å²) in [6.07, 6.45) is -9.70. The molecule has 1 amide bonds. The molecule has 1 aromatic carbocycles. The monoisotopic (exact) mass is 661 g/mol. The molecule has 0 spiro atoms. The van der Waals surface area contributed by atoms with Gasteiger partial charge in [-0.05, 0) is 59.2 Å². The van der Waals surface area contributed by atoms with E-state index in [2.05, 4.69) is 10.6 Å². The fourth-order valence-electron chi connectivity index (χ4n) is 3.42. The van der Waals surface area contributed by atoms with Crippen LogP contribution in [0.15, 0.2) is 30.5 Å². The highest BCUT2D eigenvalue weighted by Crippen LogP contribution is 2.54. The number of carbonyl (C=O) groups is 1.